The molecule has 0 aliphatic carbocycles. The third-order valence-corrected chi connectivity index (χ3v) is 0. The van der Waals surface area contributed by atoms with Crippen LogP contribution in [-0.2, 0) is 15.2 Å². The zero-order valence-corrected chi connectivity index (χ0v) is 91.4. The molecule has 0 aromatic heterocycles. The molecule has 0 radical (unpaired) electrons. The van der Waals surface area contributed by atoms with Gasteiger partial charge in [0.05, 0.1) is 0 Å². The fraction of sp³-hybridized carbons (Fsp3) is 0. The molecule has 0 saturated heterocycles. The van der Waals surface area contributed by atoms with Gasteiger partial charge in [0.25, 0.3) is 0 Å². The molecule has 39 heavy (non-hydrogen) atoms. The normalized spacial score (nSPS) is 0.821. The minimum atomic E-state index is -1.50. The van der Waals surface area contributed by atoms with Crippen LogP contribution >= 0.6 is 0 Å². The van der Waals surface area contributed by atoms with Gasteiger partial charge in [-0.1, -0.05) is 0 Å². The van der Waals surface area contributed by atoms with E-state index in [1.165, 1.54) is 0 Å². The second kappa shape index (κ2) is 274. The van der Waals surface area contributed by atoms with Gasteiger partial charge in [-0.05, 0) is 0 Å². The van der Waals surface area contributed by atoms with Gasteiger partial charge in [-0.2, -0.15) is 0 Å². The van der Waals surface area contributed by atoms with Crippen LogP contribution in [0.4, 0.5) is 0 Å². The van der Waals surface area contributed by atoms with Gasteiger partial charge in [0.15, 0.2) is 0 Å². The van der Waals surface area contributed by atoms with Gasteiger partial charge in [-0.25, -0.2) is 0 Å². The summed E-state index contributed by atoms with van der Waals surface area (Å²) in [7, 11) is 0. The summed E-state index contributed by atoms with van der Waals surface area (Å²) in [5.41, 5.74) is 0. The molecule has 0 saturated carbocycles. The standard InChI is InChI=1S/4Al.27Na.4H2O.4O.27H/h;;;;;;;;;;;;;;;;;;;;;;;;;;;;;;;4*1H2;;;;;;;;;;;;;;;;;;;;;;;;;;;;;;;/q31*+1;;;;;;;;;27*-1/p-4. The number of hydrogen-bond donors (Lipinski definition) is 4. The Balaban J connectivity index is -0.000000000181. The average molecular weight is 888 g/mol. The van der Waals surface area contributed by atoms with Crippen LogP contribution in [0.5, 0.6) is 0 Å². The van der Waals surface area contributed by atoms with Crippen molar-refractivity contribution in [3.8, 4) is 0 Å². The van der Waals surface area contributed by atoms with Gasteiger partial charge in [0, 0.05) is 0 Å². The van der Waals surface area contributed by atoms with Crippen molar-refractivity contribution >= 4 is 61.9 Å². The van der Waals surface area contributed by atoms with E-state index in [2.05, 4.69) is 0 Å². The van der Waals surface area contributed by atoms with E-state index < -0.39 is 61.9 Å². The maximum atomic E-state index is 8.57. The van der Waals surface area contributed by atoms with Crippen LogP contribution in [0.3, 0.4) is 0 Å². The SMILES string of the molecule is [H-].[H-].[H-].[H-].[H-].[H-].[H-].[H-].[H-].[H-].[H-].[H-].[H-].[H-].[H-].[H-].[H-].[H-].[H-].[H-].[H-].[H-].[H-].[H-].[H-].[H-].[H-].[Na+].[Na+].[Na+].[Na+].[Na+].[Na+].[Na+].[Na+].[Na+].[Na+].[Na+].[Na+].[Na+].[Na+].[Na+].[Na+].[Na+].[Na+].[Na+].[Na+].[Na+].[Na+].[Na+].[Na+].[Na+].[Na+].[Na+].[O]=[Al][OH].[O]=[Al][OH].[O]=[Al][OH].[O]=[Al][OH]. The first-order valence-corrected chi connectivity index (χ1v) is 5.93. The predicted octanol–water partition coefficient (Wildman–Crippen LogP) is -82.1. The van der Waals surface area contributed by atoms with Crippen molar-refractivity contribution in [2.75, 3.05) is 0 Å². The van der Waals surface area contributed by atoms with E-state index in [4.69, 9.17) is 31.8 Å². The Morgan fingerprint density at radius 1 is 0.205 bits per heavy atom. The van der Waals surface area contributed by atoms with Gasteiger partial charge in [-0.3, -0.25) is 0 Å². The fourth-order valence-corrected chi connectivity index (χ4v) is 0. The Hall–Kier alpha value is 27.5. The zero-order valence-electron chi connectivity index (χ0n) is 59.7. The molecular weight excluding hydrogens is 857 g/mol. The molecule has 8 nitrogen and oxygen atoms in total. The summed E-state index contributed by atoms with van der Waals surface area (Å²) in [5.74, 6) is 0. The molecule has 0 bridgehead atoms. The van der Waals surface area contributed by atoms with Gasteiger partial charge in [0.2, 0.25) is 0 Å². The molecule has 0 spiro atoms. The summed E-state index contributed by atoms with van der Waals surface area (Å²) in [4.78, 5) is 0. The molecule has 0 aliphatic rings. The molecule has 0 aromatic carbocycles. The quantitative estimate of drug-likeness (QED) is 0.176. The molecule has 0 aliphatic heterocycles. The fourth-order valence-electron chi connectivity index (χ4n) is 0. The first-order chi connectivity index (χ1) is 5.66. The van der Waals surface area contributed by atoms with Crippen LogP contribution in [-0.4, -0.2) is 78.6 Å². The second-order valence-corrected chi connectivity index (χ2v) is 1.26. The topological polar surface area (TPSA) is 149 Å². The van der Waals surface area contributed by atoms with Crippen molar-refractivity contribution in [3.05, 3.63) is 0 Å². The van der Waals surface area contributed by atoms with E-state index in [9.17, 15) is 0 Å². The van der Waals surface area contributed by atoms with Gasteiger partial charge < -0.3 is 38.5 Å². The molecule has 0 unspecified atom stereocenters. The molecule has 0 fully saturated rings. The summed E-state index contributed by atoms with van der Waals surface area (Å²) in [6.07, 6.45) is 0. The molecule has 4 N–H and O–H groups in total. The van der Waals surface area contributed by atoms with E-state index in [-0.39, 0.29) is 837 Å². The van der Waals surface area contributed by atoms with Crippen LogP contribution in [0, 0.1) is 0 Å². The van der Waals surface area contributed by atoms with Crippen molar-refractivity contribution in [2.45, 2.75) is 0 Å². The number of hydrogen-bond acceptors (Lipinski definition) is 4. The van der Waals surface area contributed by atoms with Crippen LogP contribution < -0.4 is 798 Å². The van der Waals surface area contributed by atoms with Crippen molar-refractivity contribution in [2.24, 2.45) is 0 Å². The summed E-state index contributed by atoms with van der Waals surface area (Å²) in [5, 5.41) is 0. The van der Waals surface area contributed by atoms with Crippen LogP contribution in [0.15, 0.2) is 0 Å². The van der Waals surface area contributed by atoms with Gasteiger partial charge in [0.1, 0.15) is 0 Å². The van der Waals surface area contributed by atoms with E-state index in [1.807, 2.05) is 0 Å². The monoisotopic (exact) mass is 888 g/mol. The Labute approximate surface area is 901 Å². The van der Waals surface area contributed by atoms with Crippen molar-refractivity contribution in [1.29, 1.82) is 0 Å². The first kappa shape index (κ1) is 226. The molecule has 0 rings (SSSR count). The van der Waals surface area contributed by atoms with Crippen LogP contribution in [0.2, 0.25) is 0 Å². The van der Waals surface area contributed by atoms with E-state index >= 15 is 0 Å². The molecule has 0 aromatic rings. The zero-order chi connectivity index (χ0) is 10.8. The van der Waals surface area contributed by atoms with Gasteiger partial charge in [-0.15, -0.1) is 0 Å². The minimum absolute atomic E-state index is 0. The number of rotatable bonds is 0. The van der Waals surface area contributed by atoms with Crippen molar-refractivity contribution < 1.29 is 868 Å². The molecule has 0 amide bonds. The predicted molar refractivity (Wildman–Crippen MR) is 64.7 cm³/mol. The Morgan fingerprint density at radius 3 is 0.205 bits per heavy atom. The van der Waals surface area contributed by atoms with E-state index in [1.54, 1.807) is 0 Å². The third-order valence-electron chi connectivity index (χ3n) is 0. The summed E-state index contributed by atoms with van der Waals surface area (Å²) in [6, 6.07) is 0. The first-order valence-electron chi connectivity index (χ1n) is 1.98. The maximum absolute atomic E-state index is 8.57. The summed E-state index contributed by atoms with van der Waals surface area (Å²) < 4.78 is 62.7. The summed E-state index contributed by atoms with van der Waals surface area (Å²) in [6.45, 7) is 0. The molecule has 39 heteroatoms. The van der Waals surface area contributed by atoms with Crippen molar-refractivity contribution in [1.82, 2.24) is 0 Å². The molecule has 0 heterocycles. The molecule has 0 atom stereocenters. The summed E-state index contributed by atoms with van der Waals surface area (Å²) >= 11 is -6.00. The van der Waals surface area contributed by atoms with Crippen molar-refractivity contribution in [3.63, 3.8) is 0 Å². The average Bonchev–Trinajstić information content (AvgIpc) is 1.92. The Morgan fingerprint density at radius 2 is 0.205 bits per heavy atom. The third kappa shape index (κ3) is 349. The van der Waals surface area contributed by atoms with Gasteiger partial charge >= 0.3 is 892 Å². The molecule has 118 valence electrons. The Bertz CT molecular complexity index is 164. The van der Waals surface area contributed by atoms with E-state index in [0.29, 0.717) is 0 Å². The second-order valence-electron chi connectivity index (χ2n) is 0.422. The Kier molecular flexibility index (Phi) is 1590. The van der Waals surface area contributed by atoms with Crippen LogP contribution in [0.1, 0.15) is 38.5 Å². The molecular formula is H31Al4Na27O8. The van der Waals surface area contributed by atoms with Crippen LogP contribution in [0.25, 0.3) is 0 Å². The van der Waals surface area contributed by atoms with E-state index in [0.717, 1.165) is 0 Å².